The number of anilines is 1. The molecule has 1 atom stereocenters. The summed E-state index contributed by atoms with van der Waals surface area (Å²) in [5, 5.41) is 3.46. The second-order valence-corrected chi connectivity index (χ2v) is 11.3. The number of rotatable bonds is 6. The van der Waals surface area contributed by atoms with Gasteiger partial charge in [-0.2, -0.15) is 0 Å². The lowest BCUT2D eigenvalue weighted by molar-refractivity contribution is 0.0977. The molecule has 0 saturated carbocycles. The van der Waals surface area contributed by atoms with Crippen molar-refractivity contribution in [3.8, 4) is 11.3 Å². The molecule has 1 amide bonds. The number of carbonyl (C=O) groups is 1. The number of sulfonamides is 1. The van der Waals surface area contributed by atoms with Crippen LogP contribution in [0.25, 0.3) is 22.3 Å². The fourth-order valence-corrected chi connectivity index (χ4v) is 4.78. The Balaban J connectivity index is 1.86. The molecule has 0 unspecified atom stereocenters. The summed E-state index contributed by atoms with van der Waals surface area (Å²) in [6.07, 6.45) is 0.850. The molecule has 2 aromatic heterocycles. The van der Waals surface area contributed by atoms with Gasteiger partial charge < -0.3 is 9.73 Å². The number of aromatic nitrogens is 1. The Morgan fingerprint density at radius 3 is 2.45 bits per heavy atom. The Labute approximate surface area is 223 Å². The standard InChI is InChI=1S/C27H25ClFN3O5S/c1-13-6-7-17(20(29)12-13)25-15(3)24(33)19-11-14(2)10-18(26(19)37-25)16(4)30-21-8-9-22(28)31-23(21)27(34)32-38(5,35)36/h6-12,16,30H,1-5H3,(H,32,34)/t16-/m1/s1. The van der Waals surface area contributed by atoms with Crippen molar-refractivity contribution in [3.05, 3.63) is 91.6 Å². The third-order valence-corrected chi connectivity index (χ3v) is 6.72. The SMILES string of the molecule is Cc1ccc(-c2oc3c([C@@H](C)Nc4ccc(Cl)nc4C(=O)NS(C)(=O)=O)cc(C)cc3c(=O)c2C)c(F)c1. The zero-order chi connectivity index (χ0) is 27.9. The average Bonchev–Trinajstić information content (AvgIpc) is 2.81. The predicted molar refractivity (Wildman–Crippen MR) is 146 cm³/mol. The molecule has 2 heterocycles. The molecule has 0 spiro atoms. The fourth-order valence-electron chi connectivity index (χ4n) is 4.20. The van der Waals surface area contributed by atoms with Crippen molar-refractivity contribution in [2.45, 2.75) is 33.7 Å². The summed E-state index contributed by atoms with van der Waals surface area (Å²) in [5.74, 6) is -1.35. The van der Waals surface area contributed by atoms with E-state index in [0.29, 0.717) is 10.9 Å². The van der Waals surface area contributed by atoms with Gasteiger partial charge >= 0.3 is 0 Å². The van der Waals surface area contributed by atoms with Crippen LogP contribution in [0.4, 0.5) is 10.1 Å². The highest BCUT2D eigenvalue weighted by Gasteiger charge is 2.23. The number of hydrogen-bond acceptors (Lipinski definition) is 7. The second kappa shape index (κ2) is 10.2. The molecule has 0 aliphatic rings. The van der Waals surface area contributed by atoms with Crippen molar-refractivity contribution in [2.24, 2.45) is 0 Å². The van der Waals surface area contributed by atoms with Gasteiger partial charge in [-0.05, 0) is 69.2 Å². The Bertz CT molecular complexity index is 1770. The first-order chi connectivity index (χ1) is 17.7. The van der Waals surface area contributed by atoms with Crippen molar-refractivity contribution in [1.82, 2.24) is 9.71 Å². The number of halogens is 2. The number of carbonyl (C=O) groups excluding carboxylic acids is 1. The minimum Gasteiger partial charge on any atom is -0.455 e. The number of amides is 1. The molecule has 2 aromatic carbocycles. The van der Waals surface area contributed by atoms with Crippen molar-refractivity contribution in [3.63, 3.8) is 0 Å². The number of pyridine rings is 1. The summed E-state index contributed by atoms with van der Waals surface area (Å²) in [6.45, 7) is 6.95. The van der Waals surface area contributed by atoms with Crippen LogP contribution in [0.1, 0.15) is 45.7 Å². The first-order valence-electron chi connectivity index (χ1n) is 11.5. The van der Waals surface area contributed by atoms with Gasteiger partial charge in [0.25, 0.3) is 5.91 Å². The van der Waals surface area contributed by atoms with E-state index in [4.69, 9.17) is 16.0 Å². The first kappa shape index (κ1) is 27.3. The Morgan fingerprint density at radius 2 is 1.79 bits per heavy atom. The molecule has 4 aromatic rings. The highest BCUT2D eigenvalue weighted by molar-refractivity contribution is 7.89. The van der Waals surface area contributed by atoms with Gasteiger partial charge in [0.2, 0.25) is 10.0 Å². The van der Waals surface area contributed by atoms with Gasteiger partial charge in [-0.3, -0.25) is 9.59 Å². The van der Waals surface area contributed by atoms with E-state index in [1.807, 2.05) is 17.7 Å². The number of nitrogens with zero attached hydrogens (tertiary/aromatic N) is 1. The lowest BCUT2D eigenvalue weighted by Gasteiger charge is -2.20. The van der Waals surface area contributed by atoms with Crippen molar-refractivity contribution < 1.29 is 22.0 Å². The van der Waals surface area contributed by atoms with E-state index < -0.39 is 27.8 Å². The maximum Gasteiger partial charge on any atom is 0.285 e. The topological polar surface area (TPSA) is 118 Å². The molecule has 0 bridgehead atoms. The third kappa shape index (κ3) is 5.56. The van der Waals surface area contributed by atoms with Gasteiger partial charge in [0.15, 0.2) is 11.1 Å². The lowest BCUT2D eigenvalue weighted by Crippen LogP contribution is -2.31. The lowest BCUT2D eigenvalue weighted by atomic mass is 9.98. The summed E-state index contributed by atoms with van der Waals surface area (Å²) >= 11 is 5.97. The van der Waals surface area contributed by atoms with Crippen LogP contribution >= 0.6 is 11.6 Å². The minimum absolute atomic E-state index is 0.00547. The molecule has 11 heteroatoms. The van der Waals surface area contributed by atoms with Gasteiger partial charge in [-0.15, -0.1) is 0 Å². The molecule has 198 valence electrons. The molecule has 8 nitrogen and oxygen atoms in total. The maximum atomic E-state index is 14.9. The first-order valence-corrected chi connectivity index (χ1v) is 13.8. The minimum atomic E-state index is -3.85. The molecule has 0 radical (unpaired) electrons. The number of hydrogen-bond donors (Lipinski definition) is 2. The van der Waals surface area contributed by atoms with Crippen LogP contribution in [0.3, 0.4) is 0 Å². The van der Waals surface area contributed by atoms with Crippen LogP contribution in [0.2, 0.25) is 5.15 Å². The van der Waals surface area contributed by atoms with Gasteiger partial charge in [0, 0.05) is 11.1 Å². The van der Waals surface area contributed by atoms with Crippen LogP contribution in [-0.2, 0) is 10.0 Å². The van der Waals surface area contributed by atoms with Gasteiger partial charge in [-0.1, -0.05) is 23.7 Å². The number of nitrogens with one attached hydrogen (secondary N) is 2. The van der Waals surface area contributed by atoms with Crippen molar-refractivity contribution in [1.29, 1.82) is 0 Å². The van der Waals surface area contributed by atoms with Crippen LogP contribution in [0.15, 0.2) is 51.7 Å². The van der Waals surface area contributed by atoms with Gasteiger partial charge in [0.05, 0.1) is 28.9 Å². The zero-order valence-corrected chi connectivity index (χ0v) is 22.8. The molecule has 4 rings (SSSR count). The highest BCUT2D eigenvalue weighted by Crippen LogP contribution is 2.33. The Kier molecular flexibility index (Phi) is 7.31. The van der Waals surface area contributed by atoms with E-state index in [-0.39, 0.29) is 44.4 Å². The van der Waals surface area contributed by atoms with Crippen LogP contribution in [0.5, 0.6) is 0 Å². The van der Waals surface area contributed by atoms with E-state index in [2.05, 4.69) is 10.3 Å². The van der Waals surface area contributed by atoms with E-state index in [9.17, 15) is 22.4 Å². The molecular weight excluding hydrogens is 533 g/mol. The maximum absolute atomic E-state index is 14.9. The highest BCUT2D eigenvalue weighted by atomic mass is 35.5. The summed E-state index contributed by atoms with van der Waals surface area (Å²) in [6, 6.07) is 10.6. The van der Waals surface area contributed by atoms with Crippen molar-refractivity contribution in [2.75, 3.05) is 11.6 Å². The second-order valence-electron chi connectivity index (χ2n) is 9.20. The molecule has 0 aliphatic heterocycles. The fraction of sp³-hybridized carbons (Fsp3) is 0.222. The van der Waals surface area contributed by atoms with E-state index in [1.165, 1.54) is 18.2 Å². The Hall–Kier alpha value is -3.76. The zero-order valence-electron chi connectivity index (χ0n) is 21.3. The summed E-state index contributed by atoms with van der Waals surface area (Å²) in [5.41, 5.74) is 2.46. The largest absolute Gasteiger partial charge is 0.455 e. The summed E-state index contributed by atoms with van der Waals surface area (Å²) < 4.78 is 46.2. The van der Waals surface area contributed by atoms with E-state index >= 15 is 0 Å². The van der Waals surface area contributed by atoms with E-state index in [0.717, 1.165) is 17.4 Å². The molecule has 0 aliphatic carbocycles. The average molecular weight is 558 g/mol. The molecule has 0 fully saturated rings. The van der Waals surface area contributed by atoms with Gasteiger partial charge in [-0.25, -0.2) is 22.5 Å². The molecule has 38 heavy (non-hydrogen) atoms. The number of benzene rings is 2. The summed E-state index contributed by atoms with van der Waals surface area (Å²) in [7, 11) is -3.85. The van der Waals surface area contributed by atoms with Crippen LogP contribution in [0, 0.1) is 26.6 Å². The quantitative estimate of drug-likeness (QED) is 0.303. The van der Waals surface area contributed by atoms with Gasteiger partial charge in [0.1, 0.15) is 22.3 Å². The number of fused-ring (bicyclic) bond motifs is 1. The smallest absolute Gasteiger partial charge is 0.285 e. The van der Waals surface area contributed by atoms with Crippen LogP contribution in [-0.4, -0.2) is 25.6 Å². The molecule has 0 saturated heterocycles. The van der Waals surface area contributed by atoms with Crippen LogP contribution < -0.4 is 15.5 Å². The normalized spacial score (nSPS) is 12.4. The third-order valence-electron chi connectivity index (χ3n) is 5.95. The molecule has 2 N–H and O–H groups in total. The molecular formula is C27H25ClFN3O5S. The predicted octanol–water partition coefficient (Wildman–Crippen LogP) is 5.44. The van der Waals surface area contributed by atoms with Crippen molar-refractivity contribution >= 4 is 44.2 Å². The summed E-state index contributed by atoms with van der Waals surface area (Å²) in [4.78, 5) is 30.0. The monoisotopic (exact) mass is 557 g/mol. The Morgan fingerprint density at radius 1 is 1.08 bits per heavy atom. The van der Waals surface area contributed by atoms with E-state index in [1.54, 1.807) is 39.0 Å². The number of aryl methyl sites for hydroxylation is 2.